The first-order valence-electron chi connectivity index (χ1n) is 17.9. The second-order valence-corrected chi connectivity index (χ2v) is 14.7. The number of fused-ring (bicyclic) bond motifs is 5. The number of carbonyl (C=O) groups is 2. The van der Waals surface area contributed by atoms with Crippen LogP contribution in [-0.2, 0) is 11.2 Å². The molecule has 6 nitrogen and oxygen atoms in total. The van der Waals surface area contributed by atoms with E-state index >= 15 is 4.39 Å². The highest BCUT2D eigenvalue weighted by molar-refractivity contribution is 5.95. The molecule has 2 saturated carbocycles. The molecule has 252 valence electrons. The molecule has 0 aromatic heterocycles. The molecule has 7 atom stereocenters. The van der Waals surface area contributed by atoms with E-state index in [9.17, 15) is 19.8 Å². The summed E-state index contributed by atoms with van der Waals surface area (Å²) in [5.74, 6) is 0.659. The van der Waals surface area contributed by atoms with Crippen LogP contribution in [0.25, 0.3) is 0 Å². The Morgan fingerprint density at radius 2 is 1.67 bits per heavy atom. The molecule has 0 saturated heterocycles. The number of phenolic OH excluding ortho intramolecular Hbond substituents is 1. The van der Waals surface area contributed by atoms with E-state index in [2.05, 4.69) is 19.2 Å². The minimum Gasteiger partial charge on any atom is -0.508 e. The molecule has 46 heavy (non-hydrogen) atoms. The smallest absolute Gasteiger partial charge is 0.253 e. The summed E-state index contributed by atoms with van der Waals surface area (Å²) in [6.07, 6.45) is 11.2. The van der Waals surface area contributed by atoms with Gasteiger partial charge in [-0.05, 0) is 116 Å². The molecule has 5 rings (SSSR count). The molecule has 2 aromatic rings. The van der Waals surface area contributed by atoms with Gasteiger partial charge in [0.25, 0.3) is 5.91 Å². The number of aromatic hydroxyl groups is 1. The lowest BCUT2D eigenvalue weighted by Crippen LogP contribution is -2.51. The number of amides is 2. The van der Waals surface area contributed by atoms with Crippen LogP contribution in [0.3, 0.4) is 0 Å². The van der Waals surface area contributed by atoms with E-state index in [-0.39, 0.29) is 46.7 Å². The van der Waals surface area contributed by atoms with Crippen LogP contribution in [0.15, 0.2) is 42.5 Å². The number of rotatable bonds is 14. The average Bonchev–Trinajstić information content (AvgIpc) is 3.32. The maximum absolute atomic E-state index is 16.1. The molecule has 0 aliphatic heterocycles. The molecule has 3 N–H and O–H groups in total. The number of nitrogens with one attached hydrogen (secondary N) is 1. The molecular formula is C39H55FN2O4. The van der Waals surface area contributed by atoms with E-state index in [4.69, 9.17) is 0 Å². The highest BCUT2D eigenvalue weighted by Gasteiger charge is 2.59. The standard InChI is InChI=1S/C39H55FN2O4/c1-4-5-6-7-8-10-21-42(38(46)27-13-15-30(16-14-27)41-26(2)43)22-11-9-12-28-23-29-24-31(44)17-18-32(29)37-34(40)25-39(3)33(36(28)37)19-20-35(39)45/h13-18,24,28,33-37,44-45H,4-12,19-23,25H2,1-3H3,(H,41,43)/t28-,33+,34+,35+,36+,37+,39+/m1/s1. The number of nitrogens with zero attached hydrogens (tertiary/aromatic N) is 1. The molecule has 3 aliphatic rings. The van der Waals surface area contributed by atoms with Crippen LogP contribution >= 0.6 is 0 Å². The van der Waals surface area contributed by atoms with Crippen molar-refractivity contribution in [3.05, 3.63) is 59.2 Å². The Balaban J connectivity index is 1.26. The highest BCUT2D eigenvalue weighted by Crippen LogP contribution is 2.63. The SMILES string of the molecule is CCCCCCCCN(CCCC[C@@H]1Cc2cc(O)ccc2[C@@H]2[C@@H]1[C@@H]1CC[C@H](O)[C@@]1(C)C[C@@H]2F)C(=O)c1ccc(NC(C)=O)cc1. The van der Waals surface area contributed by atoms with Crippen molar-refractivity contribution in [2.24, 2.45) is 23.2 Å². The quantitative estimate of drug-likeness (QED) is 0.182. The molecule has 2 aromatic carbocycles. The topological polar surface area (TPSA) is 89.9 Å². The number of aliphatic hydroxyl groups excluding tert-OH is 1. The van der Waals surface area contributed by atoms with Crippen LogP contribution in [0.4, 0.5) is 10.1 Å². The number of unbranched alkanes of at least 4 members (excludes halogenated alkanes) is 6. The fraction of sp³-hybridized carbons (Fsp3) is 0.641. The number of hydrogen-bond acceptors (Lipinski definition) is 4. The largest absolute Gasteiger partial charge is 0.508 e. The third kappa shape index (κ3) is 7.61. The number of carbonyl (C=O) groups excluding carboxylic acids is 2. The van der Waals surface area contributed by atoms with Crippen molar-refractivity contribution in [2.45, 2.75) is 122 Å². The van der Waals surface area contributed by atoms with Gasteiger partial charge in [-0.1, -0.05) is 58.4 Å². The predicted octanol–water partition coefficient (Wildman–Crippen LogP) is 8.41. The Morgan fingerprint density at radius 1 is 0.978 bits per heavy atom. The van der Waals surface area contributed by atoms with E-state index in [1.165, 1.54) is 32.6 Å². The van der Waals surface area contributed by atoms with Crippen LogP contribution in [0, 0.1) is 23.2 Å². The summed E-state index contributed by atoms with van der Waals surface area (Å²) < 4.78 is 16.1. The molecule has 3 aliphatic carbocycles. The van der Waals surface area contributed by atoms with Crippen molar-refractivity contribution in [3.8, 4) is 5.75 Å². The first-order chi connectivity index (χ1) is 22.1. The van der Waals surface area contributed by atoms with E-state index in [0.29, 0.717) is 24.2 Å². The highest BCUT2D eigenvalue weighted by atomic mass is 19.1. The van der Waals surface area contributed by atoms with Crippen molar-refractivity contribution in [2.75, 3.05) is 18.4 Å². The lowest BCUT2D eigenvalue weighted by atomic mass is 9.51. The minimum atomic E-state index is -1.01. The number of benzene rings is 2. The molecule has 0 heterocycles. The van der Waals surface area contributed by atoms with Crippen molar-refractivity contribution >= 4 is 17.5 Å². The lowest BCUT2D eigenvalue weighted by Gasteiger charge is -2.54. The number of halogens is 1. The second-order valence-electron chi connectivity index (χ2n) is 14.7. The zero-order chi connectivity index (χ0) is 32.8. The first-order valence-corrected chi connectivity index (χ1v) is 17.9. The van der Waals surface area contributed by atoms with E-state index in [1.54, 1.807) is 30.3 Å². The summed E-state index contributed by atoms with van der Waals surface area (Å²) in [6, 6.07) is 12.6. The fourth-order valence-corrected chi connectivity index (χ4v) is 9.22. The summed E-state index contributed by atoms with van der Waals surface area (Å²) in [7, 11) is 0. The maximum atomic E-state index is 16.1. The van der Waals surface area contributed by atoms with E-state index in [1.807, 2.05) is 17.0 Å². The third-order valence-electron chi connectivity index (χ3n) is 11.5. The van der Waals surface area contributed by atoms with Crippen molar-refractivity contribution in [1.29, 1.82) is 0 Å². The van der Waals surface area contributed by atoms with Gasteiger partial charge in [-0.15, -0.1) is 0 Å². The van der Waals surface area contributed by atoms with Gasteiger partial charge in [0.2, 0.25) is 5.91 Å². The van der Waals surface area contributed by atoms with Gasteiger partial charge in [-0.2, -0.15) is 0 Å². The number of aliphatic hydroxyl groups is 1. The van der Waals surface area contributed by atoms with Crippen LogP contribution in [-0.4, -0.2) is 52.3 Å². The molecule has 2 amide bonds. The molecule has 0 spiro atoms. The van der Waals surface area contributed by atoms with Gasteiger partial charge in [0.05, 0.1) is 6.10 Å². The monoisotopic (exact) mass is 634 g/mol. The lowest BCUT2D eigenvalue weighted by molar-refractivity contribution is -0.114. The average molecular weight is 635 g/mol. The van der Waals surface area contributed by atoms with Crippen LogP contribution in [0.2, 0.25) is 0 Å². The van der Waals surface area contributed by atoms with E-state index < -0.39 is 12.3 Å². The van der Waals surface area contributed by atoms with Crippen LogP contribution in [0.1, 0.15) is 125 Å². The molecular weight excluding hydrogens is 579 g/mol. The Hall–Kier alpha value is -2.93. The summed E-state index contributed by atoms with van der Waals surface area (Å²) >= 11 is 0. The van der Waals surface area contributed by atoms with Gasteiger partial charge >= 0.3 is 0 Å². The van der Waals surface area contributed by atoms with Crippen molar-refractivity contribution < 1.29 is 24.2 Å². The van der Waals surface area contributed by atoms with Gasteiger partial charge in [0.1, 0.15) is 11.9 Å². The number of phenols is 1. The fourth-order valence-electron chi connectivity index (χ4n) is 9.22. The summed E-state index contributed by atoms with van der Waals surface area (Å²) in [4.78, 5) is 27.1. The molecule has 0 radical (unpaired) electrons. The van der Waals surface area contributed by atoms with E-state index in [0.717, 1.165) is 69.0 Å². The minimum absolute atomic E-state index is 0.0216. The maximum Gasteiger partial charge on any atom is 0.253 e. The molecule has 0 unspecified atom stereocenters. The van der Waals surface area contributed by atoms with Crippen LogP contribution < -0.4 is 5.32 Å². The number of anilines is 1. The normalized spacial score (nSPS) is 28.2. The Labute approximate surface area is 275 Å². The summed E-state index contributed by atoms with van der Waals surface area (Å²) in [5.41, 5.74) is 3.04. The first kappa shape index (κ1) is 34.4. The van der Waals surface area contributed by atoms with Gasteiger partial charge in [-0.25, -0.2) is 4.39 Å². The Morgan fingerprint density at radius 3 is 2.39 bits per heavy atom. The number of hydrogen-bond donors (Lipinski definition) is 3. The molecule has 2 fully saturated rings. The second kappa shape index (κ2) is 15.3. The van der Waals surface area contributed by atoms with Gasteiger partial charge in [0.15, 0.2) is 0 Å². The molecule has 7 heteroatoms. The third-order valence-corrected chi connectivity index (χ3v) is 11.5. The Bertz CT molecular complexity index is 1330. The molecule has 0 bridgehead atoms. The van der Waals surface area contributed by atoms with Gasteiger partial charge in [0, 0.05) is 37.2 Å². The van der Waals surface area contributed by atoms with Gasteiger partial charge < -0.3 is 20.4 Å². The summed E-state index contributed by atoms with van der Waals surface area (Å²) in [6.45, 7) is 7.19. The van der Waals surface area contributed by atoms with Crippen LogP contribution in [0.5, 0.6) is 5.75 Å². The zero-order valence-corrected chi connectivity index (χ0v) is 28.1. The zero-order valence-electron chi connectivity index (χ0n) is 28.1. The van der Waals surface area contributed by atoms with Crippen molar-refractivity contribution in [1.82, 2.24) is 4.90 Å². The van der Waals surface area contributed by atoms with Gasteiger partial charge in [-0.3, -0.25) is 9.59 Å². The van der Waals surface area contributed by atoms with Crippen molar-refractivity contribution in [3.63, 3.8) is 0 Å². The predicted molar refractivity (Wildman–Crippen MR) is 182 cm³/mol. The Kier molecular flexibility index (Phi) is 11.5. The summed E-state index contributed by atoms with van der Waals surface area (Å²) in [5, 5.41) is 24.0. The number of alkyl halides is 1.